The summed E-state index contributed by atoms with van der Waals surface area (Å²) in [6.07, 6.45) is 0. The molecule has 0 radical (unpaired) electrons. The molecule has 0 unspecified atom stereocenters. The topological polar surface area (TPSA) is 66.8 Å². The molecule has 1 aliphatic rings. The maximum absolute atomic E-state index is 13.4. The summed E-state index contributed by atoms with van der Waals surface area (Å²) in [4.78, 5) is 27.3. The summed E-state index contributed by atoms with van der Waals surface area (Å²) in [6, 6.07) is 22.6. The average Bonchev–Trinajstić information content (AvgIpc) is 2.74. The molecule has 0 fully saturated rings. The third-order valence-corrected chi connectivity index (χ3v) is 5.10. The number of anilines is 1. The van der Waals surface area contributed by atoms with Crippen LogP contribution in [0, 0.1) is 0 Å². The van der Waals surface area contributed by atoms with E-state index in [-0.39, 0.29) is 5.91 Å². The van der Waals surface area contributed by atoms with Gasteiger partial charge >= 0.3 is 5.97 Å². The number of benzene rings is 3. The third-order valence-electron chi connectivity index (χ3n) is 5.10. The van der Waals surface area contributed by atoms with Crippen LogP contribution in [0.15, 0.2) is 78.9 Å². The number of carboxylic acid groups (broad SMARTS) is 1. The van der Waals surface area contributed by atoms with Crippen molar-refractivity contribution in [3.8, 4) is 5.75 Å². The van der Waals surface area contributed by atoms with E-state index in [0.717, 1.165) is 5.56 Å². The maximum atomic E-state index is 13.4. The zero-order valence-corrected chi connectivity index (χ0v) is 15.3. The van der Waals surface area contributed by atoms with Gasteiger partial charge in [0.05, 0.1) is 13.2 Å². The van der Waals surface area contributed by atoms with E-state index < -0.39 is 17.9 Å². The Balaban J connectivity index is 1.95. The van der Waals surface area contributed by atoms with Gasteiger partial charge in [-0.05, 0) is 41.5 Å². The predicted molar refractivity (Wildman–Crippen MR) is 106 cm³/mol. The first-order valence-corrected chi connectivity index (χ1v) is 8.96. The minimum atomic E-state index is -0.971. The number of fused-ring (bicyclic) bond motifs is 1. The number of rotatable bonds is 4. The van der Waals surface area contributed by atoms with Crippen LogP contribution in [0.2, 0.25) is 0 Å². The quantitative estimate of drug-likeness (QED) is 0.742. The van der Waals surface area contributed by atoms with E-state index in [4.69, 9.17) is 4.74 Å². The lowest BCUT2D eigenvalue weighted by molar-refractivity contribution is -0.139. The second kappa shape index (κ2) is 7.19. The predicted octanol–water partition coefficient (Wildman–Crippen LogP) is 4.27. The second-order valence-corrected chi connectivity index (χ2v) is 6.63. The molecule has 0 saturated carbocycles. The fourth-order valence-electron chi connectivity index (χ4n) is 3.82. The van der Waals surface area contributed by atoms with E-state index in [2.05, 4.69) is 0 Å². The monoisotopic (exact) mass is 373 g/mol. The summed E-state index contributed by atoms with van der Waals surface area (Å²) in [5, 5.41) is 10.1. The number of carbonyl (C=O) groups is 2. The minimum Gasteiger partial charge on any atom is -0.497 e. The molecule has 28 heavy (non-hydrogen) atoms. The van der Waals surface area contributed by atoms with Crippen LogP contribution in [0.1, 0.15) is 33.4 Å². The SMILES string of the molecule is COc1ccc([C@H]2[C@H](C(=O)O)c3ccccc3C(=O)N2c2ccccc2)cc1. The number of nitrogens with zero attached hydrogens (tertiary/aromatic N) is 1. The molecule has 0 aromatic heterocycles. The Morgan fingerprint density at radius 1 is 0.929 bits per heavy atom. The molecule has 0 saturated heterocycles. The fraction of sp³-hybridized carbons (Fsp3) is 0.130. The largest absolute Gasteiger partial charge is 0.497 e. The molecule has 0 aliphatic carbocycles. The van der Waals surface area contributed by atoms with Gasteiger partial charge in [-0.15, -0.1) is 0 Å². The Morgan fingerprint density at radius 2 is 1.57 bits per heavy atom. The van der Waals surface area contributed by atoms with Crippen molar-refractivity contribution in [2.75, 3.05) is 12.0 Å². The van der Waals surface area contributed by atoms with Crippen LogP contribution in [-0.2, 0) is 4.79 Å². The smallest absolute Gasteiger partial charge is 0.313 e. The number of aliphatic carboxylic acids is 1. The lowest BCUT2D eigenvalue weighted by Gasteiger charge is -2.40. The Hall–Kier alpha value is -3.60. The number of carbonyl (C=O) groups excluding carboxylic acids is 1. The second-order valence-electron chi connectivity index (χ2n) is 6.63. The lowest BCUT2D eigenvalue weighted by Crippen LogP contribution is -2.45. The van der Waals surface area contributed by atoms with Crippen molar-refractivity contribution < 1.29 is 19.4 Å². The van der Waals surface area contributed by atoms with Crippen molar-refractivity contribution in [3.05, 3.63) is 95.6 Å². The summed E-state index contributed by atoms with van der Waals surface area (Å²) >= 11 is 0. The van der Waals surface area contributed by atoms with Crippen molar-refractivity contribution in [3.63, 3.8) is 0 Å². The van der Waals surface area contributed by atoms with Gasteiger partial charge in [-0.2, -0.15) is 0 Å². The molecule has 4 rings (SSSR count). The number of para-hydroxylation sites is 1. The van der Waals surface area contributed by atoms with E-state index in [9.17, 15) is 14.7 Å². The molecule has 5 heteroatoms. The number of carboxylic acids is 1. The van der Waals surface area contributed by atoms with Crippen molar-refractivity contribution in [2.45, 2.75) is 12.0 Å². The maximum Gasteiger partial charge on any atom is 0.313 e. The average molecular weight is 373 g/mol. The van der Waals surface area contributed by atoms with Crippen LogP contribution >= 0.6 is 0 Å². The molecule has 1 N–H and O–H groups in total. The molecule has 0 spiro atoms. The first kappa shape index (κ1) is 17.8. The van der Waals surface area contributed by atoms with E-state index in [1.54, 1.807) is 48.4 Å². The first-order chi connectivity index (χ1) is 13.6. The van der Waals surface area contributed by atoms with Gasteiger partial charge in [-0.1, -0.05) is 48.5 Å². The first-order valence-electron chi connectivity index (χ1n) is 8.96. The van der Waals surface area contributed by atoms with Crippen LogP contribution in [0.25, 0.3) is 0 Å². The molecule has 2 atom stereocenters. The summed E-state index contributed by atoms with van der Waals surface area (Å²) in [7, 11) is 1.58. The minimum absolute atomic E-state index is 0.208. The molecular weight excluding hydrogens is 354 g/mol. The number of ether oxygens (including phenoxy) is 1. The number of methoxy groups -OCH3 is 1. The number of hydrogen-bond acceptors (Lipinski definition) is 3. The summed E-state index contributed by atoms with van der Waals surface area (Å²) in [6.45, 7) is 0. The van der Waals surface area contributed by atoms with Crippen LogP contribution in [0.4, 0.5) is 5.69 Å². The molecule has 1 heterocycles. The van der Waals surface area contributed by atoms with Gasteiger partial charge in [-0.3, -0.25) is 14.5 Å². The Labute approximate surface area is 162 Å². The lowest BCUT2D eigenvalue weighted by atomic mass is 9.79. The van der Waals surface area contributed by atoms with E-state index in [1.165, 1.54) is 0 Å². The highest BCUT2D eigenvalue weighted by molar-refractivity contribution is 6.10. The highest BCUT2D eigenvalue weighted by Crippen LogP contribution is 2.45. The molecule has 5 nitrogen and oxygen atoms in total. The van der Waals surface area contributed by atoms with E-state index in [0.29, 0.717) is 22.6 Å². The van der Waals surface area contributed by atoms with Gasteiger partial charge in [0, 0.05) is 11.3 Å². The van der Waals surface area contributed by atoms with Gasteiger partial charge in [0.1, 0.15) is 11.7 Å². The third kappa shape index (κ3) is 2.91. The molecule has 1 amide bonds. The Bertz CT molecular complexity index is 1010. The van der Waals surface area contributed by atoms with Gasteiger partial charge in [-0.25, -0.2) is 0 Å². The zero-order valence-electron chi connectivity index (χ0n) is 15.3. The van der Waals surface area contributed by atoms with Crippen LogP contribution in [-0.4, -0.2) is 24.1 Å². The summed E-state index contributed by atoms with van der Waals surface area (Å²) < 4.78 is 5.22. The highest BCUT2D eigenvalue weighted by Gasteiger charge is 2.44. The van der Waals surface area contributed by atoms with Gasteiger partial charge in [0.25, 0.3) is 5.91 Å². The molecular formula is C23H19NO4. The van der Waals surface area contributed by atoms with Gasteiger partial charge in [0.2, 0.25) is 0 Å². The number of hydrogen-bond donors (Lipinski definition) is 1. The van der Waals surface area contributed by atoms with Crippen molar-refractivity contribution in [1.29, 1.82) is 0 Å². The summed E-state index contributed by atoms with van der Waals surface area (Å²) in [5.74, 6) is -1.39. The Morgan fingerprint density at radius 3 is 2.21 bits per heavy atom. The van der Waals surface area contributed by atoms with E-state index >= 15 is 0 Å². The van der Waals surface area contributed by atoms with Crippen molar-refractivity contribution in [2.24, 2.45) is 0 Å². The summed E-state index contributed by atoms with van der Waals surface area (Å²) in [5.41, 5.74) is 2.35. The molecule has 0 bridgehead atoms. The molecule has 1 aliphatic heterocycles. The Kier molecular flexibility index (Phi) is 4.57. The molecule has 3 aromatic rings. The van der Waals surface area contributed by atoms with Crippen LogP contribution in [0.5, 0.6) is 5.75 Å². The zero-order chi connectivity index (χ0) is 19.7. The van der Waals surface area contributed by atoms with E-state index in [1.807, 2.05) is 42.5 Å². The fourth-order valence-corrected chi connectivity index (χ4v) is 3.82. The number of amides is 1. The molecule has 140 valence electrons. The van der Waals surface area contributed by atoms with Gasteiger partial charge in [0.15, 0.2) is 0 Å². The van der Waals surface area contributed by atoms with Crippen LogP contribution in [0.3, 0.4) is 0 Å². The van der Waals surface area contributed by atoms with Crippen molar-refractivity contribution >= 4 is 17.6 Å². The molecule has 3 aromatic carbocycles. The standard InChI is InChI=1S/C23H19NO4/c1-28-17-13-11-15(12-14-17)21-20(23(26)27)18-9-5-6-10-19(18)22(25)24(21)16-7-3-2-4-8-16/h2-14,20-21H,1H3,(H,26,27)/t20-,21+/m1/s1. The highest BCUT2D eigenvalue weighted by atomic mass is 16.5. The normalized spacial score (nSPS) is 18.5. The van der Waals surface area contributed by atoms with Gasteiger partial charge < -0.3 is 9.84 Å². The van der Waals surface area contributed by atoms with Crippen LogP contribution < -0.4 is 9.64 Å². The van der Waals surface area contributed by atoms with Crippen molar-refractivity contribution in [1.82, 2.24) is 0 Å².